The van der Waals surface area contributed by atoms with Gasteiger partial charge in [-0.15, -0.1) is 0 Å². The van der Waals surface area contributed by atoms with Crippen LogP contribution in [0.15, 0.2) is 48.5 Å². The highest BCUT2D eigenvalue weighted by atomic mass is 16.1. The Morgan fingerprint density at radius 1 is 1.12 bits per heavy atom. The number of aryl methyl sites for hydroxylation is 1. The standard InChI is InChI=1S/C21H24N4O/c1-17-4-2-7-20(14-17)25-12-10-24(11-13-25)9-8-21(26)23-19-6-3-5-18(15-19)16-22/h2-7,14-15H,8-13H2,1H3,(H,23,26). The first kappa shape index (κ1) is 18.0. The van der Waals surface area contributed by atoms with Crippen molar-refractivity contribution in [1.29, 1.82) is 5.26 Å². The van der Waals surface area contributed by atoms with Gasteiger partial charge in [0, 0.05) is 50.5 Å². The molecule has 5 heteroatoms. The van der Waals surface area contributed by atoms with Gasteiger partial charge in [-0.05, 0) is 42.8 Å². The number of benzene rings is 2. The third kappa shape index (κ3) is 4.84. The molecule has 1 aliphatic heterocycles. The SMILES string of the molecule is Cc1cccc(N2CCN(CCC(=O)Nc3cccc(C#N)c3)CC2)c1. The lowest BCUT2D eigenvalue weighted by atomic mass is 10.2. The monoisotopic (exact) mass is 348 g/mol. The van der Waals surface area contributed by atoms with E-state index in [1.54, 1.807) is 24.3 Å². The van der Waals surface area contributed by atoms with E-state index in [1.807, 2.05) is 0 Å². The number of hydrogen-bond donors (Lipinski definition) is 1. The molecular weight excluding hydrogens is 324 g/mol. The van der Waals surface area contributed by atoms with Gasteiger partial charge in [0.2, 0.25) is 5.91 Å². The lowest BCUT2D eigenvalue weighted by Gasteiger charge is -2.36. The molecule has 2 aromatic carbocycles. The molecule has 2 aromatic rings. The minimum absolute atomic E-state index is 0.0128. The van der Waals surface area contributed by atoms with E-state index in [0.29, 0.717) is 17.7 Å². The highest BCUT2D eigenvalue weighted by molar-refractivity contribution is 5.90. The lowest BCUT2D eigenvalue weighted by Crippen LogP contribution is -2.47. The van der Waals surface area contributed by atoms with Crippen LogP contribution in [0.4, 0.5) is 11.4 Å². The fourth-order valence-corrected chi connectivity index (χ4v) is 3.20. The smallest absolute Gasteiger partial charge is 0.225 e. The topological polar surface area (TPSA) is 59.4 Å². The number of anilines is 2. The van der Waals surface area contributed by atoms with E-state index >= 15 is 0 Å². The summed E-state index contributed by atoms with van der Waals surface area (Å²) in [6.07, 6.45) is 0.460. The minimum Gasteiger partial charge on any atom is -0.369 e. The van der Waals surface area contributed by atoms with Gasteiger partial charge in [0.1, 0.15) is 0 Å². The van der Waals surface area contributed by atoms with Crippen LogP contribution in [0.5, 0.6) is 0 Å². The van der Waals surface area contributed by atoms with Crippen LogP contribution in [-0.2, 0) is 4.79 Å². The number of rotatable bonds is 5. The van der Waals surface area contributed by atoms with Crippen molar-refractivity contribution in [3.05, 3.63) is 59.7 Å². The number of nitriles is 1. The molecule has 5 nitrogen and oxygen atoms in total. The van der Waals surface area contributed by atoms with E-state index in [-0.39, 0.29) is 5.91 Å². The summed E-state index contributed by atoms with van der Waals surface area (Å²) in [5.41, 5.74) is 3.79. The summed E-state index contributed by atoms with van der Waals surface area (Å²) in [6, 6.07) is 17.7. The Balaban J connectivity index is 1.43. The van der Waals surface area contributed by atoms with Gasteiger partial charge in [0.25, 0.3) is 0 Å². The number of carbonyl (C=O) groups is 1. The van der Waals surface area contributed by atoms with Crippen LogP contribution in [0.1, 0.15) is 17.5 Å². The van der Waals surface area contributed by atoms with E-state index in [9.17, 15) is 4.79 Å². The molecule has 0 bridgehead atoms. The Bertz CT molecular complexity index is 804. The molecule has 0 saturated carbocycles. The molecule has 0 unspecified atom stereocenters. The first-order chi connectivity index (χ1) is 12.6. The maximum Gasteiger partial charge on any atom is 0.225 e. The molecule has 1 fully saturated rings. The minimum atomic E-state index is -0.0128. The summed E-state index contributed by atoms with van der Waals surface area (Å²) in [5, 5.41) is 11.8. The Morgan fingerprint density at radius 2 is 1.88 bits per heavy atom. The molecule has 0 spiro atoms. The second-order valence-electron chi connectivity index (χ2n) is 6.66. The maximum absolute atomic E-state index is 12.1. The number of nitrogens with zero attached hydrogens (tertiary/aromatic N) is 3. The van der Waals surface area contributed by atoms with Gasteiger partial charge < -0.3 is 10.2 Å². The van der Waals surface area contributed by atoms with Crippen molar-refractivity contribution in [3.63, 3.8) is 0 Å². The molecule has 26 heavy (non-hydrogen) atoms. The Morgan fingerprint density at radius 3 is 2.62 bits per heavy atom. The average molecular weight is 348 g/mol. The Labute approximate surface area is 154 Å². The van der Waals surface area contributed by atoms with E-state index in [1.165, 1.54) is 11.3 Å². The number of amides is 1. The average Bonchev–Trinajstić information content (AvgIpc) is 2.67. The third-order valence-electron chi connectivity index (χ3n) is 4.67. The van der Waals surface area contributed by atoms with Gasteiger partial charge in [0.05, 0.1) is 11.6 Å². The molecule has 0 aliphatic carbocycles. The highest BCUT2D eigenvalue weighted by Gasteiger charge is 2.17. The van der Waals surface area contributed by atoms with Gasteiger partial charge in [-0.25, -0.2) is 0 Å². The fourth-order valence-electron chi connectivity index (χ4n) is 3.20. The maximum atomic E-state index is 12.1. The first-order valence-electron chi connectivity index (χ1n) is 8.98. The van der Waals surface area contributed by atoms with Crippen molar-refractivity contribution in [2.24, 2.45) is 0 Å². The zero-order valence-electron chi connectivity index (χ0n) is 15.1. The van der Waals surface area contributed by atoms with Crippen molar-refractivity contribution in [2.45, 2.75) is 13.3 Å². The summed E-state index contributed by atoms with van der Waals surface area (Å²) in [6.45, 7) is 6.76. The van der Waals surface area contributed by atoms with Gasteiger partial charge in [-0.2, -0.15) is 5.26 Å². The zero-order chi connectivity index (χ0) is 18.4. The molecule has 3 rings (SSSR count). The zero-order valence-corrected chi connectivity index (χ0v) is 15.1. The lowest BCUT2D eigenvalue weighted by molar-refractivity contribution is -0.116. The van der Waals surface area contributed by atoms with Crippen molar-refractivity contribution < 1.29 is 4.79 Å². The predicted molar refractivity (Wildman–Crippen MR) is 104 cm³/mol. The first-order valence-corrected chi connectivity index (χ1v) is 8.98. The molecule has 1 aliphatic rings. The second-order valence-corrected chi connectivity index (χ2v) is 6.66. The quantitative estimate of drug-likeness (QED) is 0.902. The van der Waals surface area contributed by atoms with Crippen LogP contribution in [0.2, 0.25) is 0 Å². The summed E-state index contributed by atoms with van der Waals surface area (Å²) >= 11 is 0. The Kier molecular flexibility index (Phi) is 5.88. The number of piperazine rings is 1. The van der Waals surface area contributed by atoms with E-state index in [0.717, 1.165) is 32.7 Å². The second kappa shape index (κ2) is 8.50. The number of hydrogen-bond acceptors (Lipinski definition) is 4. The van der Waals surface area contributed by atoms with Gasteiger partial charge >= 0.3 is 0 Å². The van der Waals surface area contributed by atoms with Crippen molar-refractivity contribution in [1.82, 2.24) is 4.90 Å². The van der Waals surface area contributed by atoms with E-state index in [2.05, 4.69) is 52.4 Å². The molecule has 1 saturated heterocycles. The van der Waals surface area contributed by atoms with Crippen LogP contribution in [-0.4, -0.2) is 43.5 Å². The number of nitrogens with one attached hydrogen (secondary N) is 1. The molecule has 0 aromatic heterocycles. The largest absolute Gasteiger partial charge is 0.369 e. The van der Waals surface area contributed by atoms with E-state index in [4.69, 9.17) is 5.26 Å². The predicted octanol–water partition coefficient (Wildman–Crippen LogP) is 3.02. The summed E-state index contributed by atoms with van der Waals surface area (Å²) < 4.78 is 0. The summed E-state index contributed by atoms with van der Waals surface area (Å²) in [7, 11) is 0. The molecular formula is C21H24N4O. The fraction of sp³-hybridized carbons (Fsp3) is 0.333. The van der Waals surface area contributed by atoms with Crippen molar-refractivity contribution in [2.75, 3.05) is 42.9 Å². The molecule has 1 N–H and O–H groups in total. The molecule has 0 radical (unpaired) electrons. The molecule has 1 amide bonds. The van der Waals surface area contributed by atoms with E-state index < -0.39 is 0 Å². The van der Waals surface area contributed by atoms with Crippen LogP contribution in [0, 0.1) is 18.3 Å². The summed E-state index contributed by atoms with van der Waals surface area (Å²) in [4.78, 5) is 16.9. The Hall–Kier alpha value is -2.84. The van der Waals surface area contributed by atoms with Crippen molar-refractivity contribution >= 4 is 17.3 Å². The van der Waals surface area contributed by atoms with Gasteiger partial charge in [-0.3, -0.25) is 9.69 Å². The number of carbonyl (C=O) groups excluding carboxylic acids is 1. The molecule has 0 atom stereocenters. The molecule has 1 heterocycles. The molecule has 134 valence electrons. The van der Waals surface area contributed by atoms with Crippen LogP contribution in [0.25, 0.3) is 0 Å². The normalized spacial score (nSPS) is 14.7. The third-order valence-corrected chi connectivity index (χ3v) is 4.67. The summed E-state index contributed by atoms with van der Waals surface area (Å²) in [5.74, 6) is -0.0128. The highest BCUT2D eigenvalue weighted by Crippen LogP contribution is 2.18. The van der Waals surface area contributed by atoms with Gasteiger partial charge in [-0.1, -0.05) is 18.2 Å². The van der Waals surface area contributed by atoms with Crippen LogP contribution < -0.4 is 10.2 Å². The van der Waals surface area contributed by atoms with Crippen LogP contribution in [0.3, 0.4) is 0 Å². The van der Waals surface area contributed by atoms with Crippen molar-refractivity contribution in [3.8, 4) is 6.07 Å². The van der Waals surface area contributed by atoms with Crippen LogP contribution >= 0.6 is 0 Å². The van der Waals surface area contributed by atoms with Gasteiger partial charge in [0.15, 0.2) is 0 Å².